The minimum absolute atomic E-state index is 0.278. The highest BCUT2D eigenvalue weighted by Gasteiger charge is 2.17. The van der Waals surface area contributed by atoms with Gasteiger partial charge in [-0.15, -0.1) is 0 Å². The van der Waals surface area contributed by atoms with Gasteiger partial charge in [0, 0.05) is 16.1 Å². The van der Waals surface area contributed by atoms with Crippen molar-refractivity contribution in [2.75, 3.05) is 5.32 Å². The van der Waals surface area contributed by atoms with Crippen molar-refractivity contribution in [1.82, 2.24) is 9.55 Å². The first-order valence-corrected chi connectivity index (χ1v) is 9.40. The molecule has 0 fully saturated rings. The third-order valence-electron chi connectivity index (χ3n) is 4.49. The van der Waals surface area contributed by atoms with Crippen molar-refractivity contribution in [2.45, 2.75) is 6.54 Å². The highest BCUT2D eigenvalue weighted by molar-refractivity contribution is 6.30. The molecule has 29 heavy (non-hydrogen) atoms. The van der Waals surface area contributed by atoms with Gasteiger partial charge in [0.2, 0.25) is 0 Å². The Bertz CT molecular complexity index is 1120. The standard InChI is InChI=1S/C23H17ClFN3O/c24-19-10-6-18(7-11-19)23(29)27-22-21(17-8-12-20(25)13-9-17)26-15-28(22)14-16-4-2-1-3-5-16/h1-13,15H,14H2,(H,27,29). The number of carbonyl (C=O) groups excluding carboxylic acids is 1. The fourth-order valence-corrected chi connectivity index (χ4v) is 3.14. The van der Waals surface area contributed by atoms with E-state index in [0.29, 0.717) is 34.2 Å². The second-order valence-electron chi connectivity index (χ2n) is 6.52. The quantitative estimate of drug-likeness (QED) is 0.466. The van der Waals surface area contributed by atoms with E-state index in [1.807, 2.05) is 34.9 Å². The van der Waals surface area contributed by atoms with Crippen LogP contribution in [0.15, 0.2) is 85.2 Å². The van der Waals surface area contributed by atoms with Crippen LogP contribution in [0.4, 0.5) is 10.2 Å². The van der Waals surface area contributed by atoms with E-state index in [4.69, 9.17) is 11.6 Å². The predicted molar refractivity (Wildman–Crippen MR) is 113 cm³/mol. The first kappa shape index (κ1) is 18.9. The Morgan fingerprint density at radius 3 is 2.34 bits per heavy atom. The van der Waals surface area contributed by atoms with Crippen LogP contribution in [-0.2, 0) is 6.54 Å². The Morgan fingerprint density at radius 2 is 1.66 bits per heavy atom. The molecule has 0 unspecified atom stereocenters. The number of carbonyl (C=O) groups is 1. The number of hydrogen-bond acceptors (Lipinski definition) is 2. The fourth-order valence-electron chi connectivity index (χ4n) is 3.01. The van der Waals surface area contributed by atoms with Crippen molar-refractivity contribution in [3.8, 4) is 11.3 Å². The molecule has 0 aliphatic heterocycles. The fraction of sp³-hybridized carbons (Fsp3) is 0.0435. The molecule has 6 heteroatoms. The lowest BCUT2D eigenvalue weighted by molar-refractivity contribution is 0.102. The average Bonchev–Trinajstić information content (AvgIpc) is 3.12. The van der Waals surface area contributed by atoms with Gasteiger partial charge in [-0.2, -0.15) is 0 Å². The van der Waals surface area contributed by atoms with Crippen LogP contribution >= 0.6 is 11.6 Å². The summed E-state index contributed by atoms with van der Waals surface area (Å²) in [4.78, 5) is 17.3. The highest BCUT2D eigenvalue weighted by Crippen LogP contribution is 2.28. The lowest BCUT2D eigenvalue weighted by Crippen LogP contribution is -2.16. The molecule has 0 atom stereocenters. The molecular formula is C23H17ClFN3O. The summed E-state index contributed by atoms with van der Waals surface area (Å²) in [5.41, 5.74) is 2.83. The van der Waals surface area contributed by atoms with Crippen LogP contribution in [0.5, 0.6) is 0 Å². The first-order chi connectivity index (χ1) is 14.1. The van der Waals surface area contributed by atoms with Gasteiger partial charge in [-0.1, -0.05) is 41.9 Å². The van der Waals surface area contributed by atoms with Gasteiger partial charge in [0.05, 0.1) is 12.9 Å². The van der Waals surface area contributed by atoms with Crippen LogP contribution in [0.2, 0.25) is 5.02 Å². The molecule has 0 aliphatic rings. The number of anilines is 1. The second kappa shape index (κ2) is 8.29. The average molecular weight is 406 g/mol. The predicted octanol–water partition coefficient (Wildman–Crippen LogP) is 5.64. The molecule has 0 bridgehead atoms. The molecule has 4 nitrogen and oxygen atoms in total. The molecule has 4 aromatic rings. The van der Waals surface area contributed by atoms with Crippen molar-refractivity contribution in [3.63, 3.8) is 0 Å². The van der Waals surface area contributed by atoms with Crippen LogP contribution in [0.3, 0.4) is 0 Å². The maximum Gasteiger partial charge on any atom is 0.256 e. The number of rotatable bonds is 5. The summed E-state index contributed by atoms with van der Waals surface area (Å²) >= 11 is 5.92. The monoisotopic (exact) mass is 405 g/mol. The SMILES string of the molecule is O=C(Nc1c(-c2ccc(F)cc2)ncn1Cc1ccccc1)c1ccc(Cl)cc1. The smallest absolute Gasteiger partial charge is 0.256 e. The number of halogens is 2. The topological polar surface area (TPSA) is 46.9 Å². The molecule has 1 heterocycles. The third-order valence-corrected chi connectivity index (χ3v) is 4.74. The molecule has 0 radical (unpaired) electrons. The van der Waals surface area contributed by atoms with E-state index in [1.54, 1.807) is 42.7 Å². The van der Waals surface area contributed by atoms with Gasteiger partial charge in [-0.3, -0.25) is 4.79 Å². The van der Waals surface area contributed by atoms with Gasteiger partial charge in [0.1, 0.15) is 17.3 Å². The van der Waals surface area contributed by atoms with Gasteiger partial charge in [0.15, 0.2) is 0 Å². The Labute approximate surface area is 172 Å². The van der Waals surface area contributed by atoms with E-state index in [9.17, 15) is 9.18 Å². The third kappa shape index (κ3) is 4.36. The van der Waals surface area contributed by atoms with Crippen molar-refractivity contribution in [2.24, 2.45) is 0 Å². The van der Waals surface area contributed by atoms with E-state index in [-0.39, 0.29) is 11.7 Å². The molecule has 0 saturated carbocycles. The first-order valence-electron chi connectivity index (χ1n) is 9.02. The number of aromatic nitrogens is 2. The summed E-state index contributed by atoms with van der Waals surface area (Å²) in [6, 6.07) is 22.5. The zero-order chi connectivity index (χ0) is 20.2. The van der Waals surface area contributed by atoms with Gasteiger partial charge in [-0.05, 0) is 54.1 Å². The summed E-state index contributed by atoms with van der Waals surface area (Å²) in [6.45, 7) is 0.533. The Balaban J connectivity index is 1.71. The number of benzene rings is 3. The summed E-state index contributed by atoms with van der Waals surface area (Å²) < 4.78 is 15.2. The number of nitrogens with one attached hydrogen (secondary N) is 1. The second-order valence-corrected chi connectivity index (χ2v) is 6.96. The maximum absolute atomic E-state index is 13.4. The maximum atomic E-state index is 13.4. The molecule has 1 N–H and O–H groups in total. The van der Waals surface area contributed by atoms with Crippen LogP contribution in [0.25, 0.3) is 11.3 Å². The minimum Gasteiger partial charge on any atom is -0.312 e. The van der Waals surface area contributed by atoms with Crippen LogP contribution in [0.1, 0.15) is 15.9 Å². The summed E-state index contributed by atoms with van der Waals surface area (Å²) in [5.74, 6) is -0.0653. The largest absolute Gasteiger partial charge is 0.312 e. The summed E-state index contributed by atoms with van der Waals surface area (Å²) in [7, 11) is 0. The van der Waals surface area contributed by atoms with Crippen molar-refractivity contribution < 1.29 is 9.18 Å². The van der Waals surface area contributed by atoms with E-state index in [0.717, 1.165) is 5.56 Å². The number of hydrogen-bond donors (Lipinski definition) is 1. The Morgan fingerprint density at radius 1 is 0.966 bits per heavy atom. The van der Waals surface area contributed by atoms with Crippen molar-refractivity contribution >= 4 is 23.3 Å². The van der Waals surface area contributed by atoms with Gasteiger partial charge < -0.3 is 9.88 Å². The van der Waals surface area contributed by atoms with Crippen LogP contribution in [0, 0.1) is 5.82 Å². The van der Waals surface area contributed by atoms with E-state index in [2.05, 4.69) is 10.3 Å². The number of imidazole rings is 1. The summed E-state index contributed by atoms with van der Waals surface area (Å²) in [5, 5.41) is 3.51. The van der Waals surface area contributed by atoms with E-state index < -0.39 is 0 Å². The Kier molecular flexibility index (Phi) is 5.40. The molecule has 1 amide bonds. The molecule has 1 aromatic heterocycles. The zero-order valence-electron chi connectivity index (χ0n) is 15.3. The van der Waals surface area contributed by atoms with Gasteiger partial charge >= 0.3 is 0 Å². The molecular weight excluding hydrogens is 389 g/mol. The molecule has 3 aromatic carbocycles. The molecule has 144 valence electrons. The van der Waals surface area contributed by atoms with Crippen LogP contribution < -0.4 is 5.32 Å². The molecule has 4 rings (SSSR count). The number of nitrogens with zero attached hydrogens (tertiary/aromatic N) is 2. The summed E-state index contributed by atoms with van der Waals surface area (Å²) in [6.07, 6.45) is 1.67. The number of amides is 1. The van der Waals surface area contributed by atoms with Gasteiger partial charge in [-0.25, -0.2) is 9.37 Å². The highest BCUT2D eigenvalue weighted by atomic mass is 35.5. The molecule has 0 spiro atoms. The van der Waals surface area contributed by atoms with Crippen molar-refractivity contribution in [1.29, 1.82) is 0 Å². The zero-order valence-corrected chi connectivity index (χ0v) is 16.1. The van der Waals surface area contributed by atoms with E-state index in [1.165, 1.54) is 12.1 Å². The normalized spacial score (nSPS) is 10.7. The van der Waals surface area contributed by atoms with Crippen molar-refractivity contribution in [3.05, 3.63) is 107 Å². The molecule has 0 aliphatic carbocycles. The minimum atomic E-state index is -0.329. The lowest BCUT2D eigenvalue weighted by atomic mass is 10.1. The van der Waals surface area contributed by atoms with Gasteiger partial charge in [0.25, 0.3) is 5.91 Å². The molecule has 0 saturated heterocycles. The van der Waals surface area contributed by atoms with E-state index >= 15 is 0 Å². The Hall–Kier alpha value is -3.44. The lowest BCUT2D eigenvalue weighted by Gasteiger charge is -2.12. The van der Waals surface area contributed by atoms with Crippen LogP contribution in [-0.4, -0.2) is 15.5 Å².